The number of hydrogen-bond donors (Lipinski definition) is 1. The molecule has 0 atom stereocenters. The highest BCUT2D eigenvalue weighted by molar-refractivity contribution is 14.0. The average Bonchev–Trinajstić information content (AvgIpc) is 3.26. The van der Waals surface area contributed by atoms with Crippen LogP contribution in [-0.4, -0.2) is 74.3 Å². The summed E-state index contributed by atoms with van der Waals surface area (Å²) in [7, 11) is 0. The molecular formula is C23H45IN4O. The first kappa shape index (κ1) is 25.2. The van der Waals surface area contributed by atoms with E-state index in [0.29, 0.717) is 6.10 Å². The third-order valence-electron chi connectivity index (χ3n) is 7.07. The predicted octanol–water partition coefficient (Wildman–Crippen LogP) is 4.36. The van der Waals surface area contributed by atoms with Gasteiger partial charge in [-0.15, -0.1) is 24.0 Å². The van der Waals surface area contributed by atoms with Crippen LogP contribution in [-0.2, 0) is 4.74 Å². The van der Waals surface area contributed by atoms with Crippen LogP contribution in [0.5, 0.6) is 0 Å². The van der Waals surface area contributed by atoms with E-state index in [0.717, 1.165) is 63.4 Å². The molecule has 3 rings (SSSR count). The lowest BCUT2D eigenvalue weighted by molar-refractivity contribution is 0.00101. The summed E-state index contributed by atoms with van der Waals surface area (Å²) in [4.78, 5) is 10.0. The van der Waals surface area contributed by atoms with Gasteiger partial charge in [-0.2, -0.15) is 0 Å². The SMILES string of the molecule is CCNC(=NCCC1CCN(CC)CC1)N1CCC(OCC2CCCC2)CC1.I. The molecule has 0 aromatic carbocycles. The molecule has 29 heavy (non-hydrogen) atoms. The van der Waals surface area contributed by atoms with E-state index < -0.39 is 0 Å². The van der Waals surface area contributed by atoms with Crippen molar-refractivity contribution >= 4 is 29.9 Å². The fourth-order valence-electron chi connectivity index (χ4n) is 5.05. The molecule has 5 nitrogen and oxygen atoms in total. The van der Waals surface area contributed by atoms with Gasteiger partial charge in [0.05, 0.1) is 6.10 Å². The molecule has 1 aliphatic carbocycles. The Bertz CT molecular complexity index is 454. The van der Waals surface area contributed by atoms with Gasteiger partial charge < -0.3 is 19.9 Å². The van der Waals surface area contributed by atoms with Gasteiger partial charge in [0.15, 0.2) is 5.96 Å². The van der Waals surface area contributed by atoms with Crippen molar-refractivity contribution in [1.29, 1.82) is 0 Å². The Kier molecular flexibility index (Phi) is 12.2. The summed E-state index contributed by atoms with van der Waals surface area (Å²) in [5, 5.41) is 3.52. The molecule has 0 amide bonds. The highest BCUT2D eigenvalue weighted by Crippen LogP contribution is 2.26. The number of nitrogens with one attached hydrogen (secondary N) is 1. The number of ether oxygens (including phenoxy) is 1. The van der Waals surface area contributed by atoms with Gasteiger partial charge in [0.25, 0.3) is 0 Å². The lowest BCUT2D eigenvalue weighted by atomic mass is 9.94. The van der Waals surface area contributed by atoms with Crippen molar-refractivity contribution in [2.45, 2.75) is 77.7 Å². The van der Waals surface area contributed by atoms with E-state index in [9.17, 15) is 0 Å². The van der Waals surface area contributed by atoms with Gasteiger partial charge in [-0.1, -0.05) is 19.8 Å². The van der Waals surface area contributed by atoms with Gasteiger partial charge in [0.1, 0.15) is 0 Å². The molecule has 0 radical (unpaired) electrons. The van der Waals surface area contributed by atoms with E-state index in [1.54, 1.807) is 0 Å². The maximum atomic E-state index is 6.24. The number of guanidine groups is 1. The predicted molar refractivity (Wildman–Crippen MR) is 133 cm³/mol. The van der Waals surface area contributed by atoms with E-state index in [2.05, 4.69) is 29.0 Å². The Balaban J connectivity index is 0.00000300. The maximum absolute atomic E-state index is 6.24. The number of rotatable bonds is 8. The van der Waals surface area contributed by atoms with Crippen molar-refractivity contribution < 1.29 is 4.74 Å². The minimum atomic E-state index is 0. The van der Waals surface area contributed by atoms with E-state index in [-0.39, 0.29) is 24.0 Å². The molecule has 0 bridgehead atoms. The molecule has 2 saturated heterocycles. The molecule has 2 heterocycles. The number of nitrogens with zero attached hydrogens (tertiary/aromatic N) is 3. The van der Waals surface area contributed by atoms with Crippen molar-refractivity contribution in [2.24, 2.45) is 16.8 Å². The lowest BCUT2D eigenvalue weighted by Gasteiger charge is -2.35. The summed E-state index contributed by atoms with van der Waals surface area (Å²) in [6, 6.07) is 0. The topological polar surface area (TPSA) is 40.1 Å². The first-order valence-corrected chi connectivity index (χ1v) is 12.2. The second-order valence-electron chi connectivity index (χ2n) is 9.07. The third-order valence-corrected chi connectivity index (χ3v) is 7.07. The monoisotopic (exact) mass is 520 g/mol. The molecule has 6 heteroatoms. The van der Waals surface area contributed by atoms with Crippen LogP contribution in [0.25, 0.3) is 0 Å². The number of hydrogen-bond acceptors (Lipinski definition) is 3. The fraction of sp³-hybridized carbons (Fsp3) is 0.957. The zero-order valence-electron chi connectivity index (χ0n) is 18.9. The number of piperidine rings is 2. The number of halogens is 1. The Morgan fingerprint density at radius 3 is 2.24 bits per heavy atom. The molecule has 0 unspecified atom stereocenters. The number of aliphatic imine (C=N–C) groups is 1. The molecule has 0 aromatic rings. The Morgan fingerprint density at radius 1 is 0.931 bits per heavy atom. The molecule has 1 N–H and O–H groups in total. The zero-order valence-corrected chi connectivity index (χ0v) is 21.2. The summed E-state index contributed by atoms with van der Waals surface area (Å²) in [6.07, 6.45) is 12.3. The maximum Gasteiger partial charge on any atom is 0.193 e. The van der Waals surface area contributed by atoms with E-state index >= 15 is 0 Å². The first-order chi connectivity index (χ1) is 13.8. The summed E-state index contributed by atoms with van der Waals surface area (Å²) in [5.74, 6) is 2.83. The van der Waals surface area contributed by atoms with Gasteiger partial charge in [0, 0.05) is 32.8 Å². The second-order valence-corrected chi connectivity index (χ2v) is 9.07. The van der Waals surface area contributed by atoms with Crippen LogP contribution in [0.15, 0.2) is 4.99 Å². The smallest absolute Gasteiger partial charge is 0.193 e. The van der Waals surface area contributed by atoms with E-state index in [1.165, 1.54) is 64.6 Å². The van der Waals surface area contributed by atoms with Crippen LogP contribution >= 0.6 is 24.0 Å². The fourth-order valence-corrected chi connectivity index (χ4v) is 5.05. The van der Waals surface area contributed by atoms with Gasteiger partial charge in [-0.3, -0.25) is 4.99 Å². The Morgan fingerprint density at radius 2 is 1.62 bits per heavy atom. The van der Waals surface area contributed by atoms with Crippen molar-refractivity contribution in [3.8, 4) is 0 Å². The standard InChI is InChI=1S/C23H44N4O.HI/c1-3-24-23(25-14-9-20-10-15-26(4-2)16-11-20)27-17-12-22(13-18-27)28-19-21-7-5-6-8-21;/h20-22H,3-19H2,1-2H3,(H,24,25);1H. The summed E-state index contributed by atoms with van der Waals surface area (Å²) in [5.41, 5.74) is 0. The first-order valence-electron chi connectivity index (χ1n) is 12.2. The van der Waals surface area contributed by atoms with Crippen LogP contribution in [0.1, 0.15) is 71.6 Å². The molecule has 170 valence electrons. The van der Waals surface area contributed by atoms with E-state index in [4.69, 9.17) is 9.73 Å². The molecule has 1 saturated carbocycles. The third kappa shape index (κ3) is 8.52. The number of likely N-dealkylation sites (tertiary alicyclic amines) is 2. The zero-order chi connectivity index (χ0) is 19.6. The van der Waals surface area contributed by atoms with Crippen molar-refractivity contribution in [3.05, 3.63) is 0 Å². The normalized spacial score (nSPS) is 23.4. The Hall–Kier alpha value is -0.0800. The summed E-state index contributed by atoms with van der Waals surface area (Å²) < 4.78 is 6.24. The molecular weight excluding hydrogens is 475 g/mol. The molecule has 2 aliphatic heterocycles. The molecule has 3 aliphatic rings. The largest absolute Gasteiger partial charge is 0.378 e. The van der Waals surface area contributed by atoms with Crippen molar-refractivity contribution in [1.82, 2.24) is 15.1 Å². The van der Waals surface area contributed by atoms with Crippen molar-refractivity contribution in [3.63, 3.8) is 0 Å². The summed E-state index contributed by atoms with van der Waals surface area (Å²) in [6.45, 7) is 13.3. The van der Waals surface area contributed by atoms with Crippen LogP contribution in [0, 0.1) is 11.8 Å². The average molecular weight is 521 g/mol. The van der Waals surface area contributed by atoms with Crippen LogP contribution in [0.4, 0.5) is 0 Å². The van der Waals surface area contributed by atoms with Gasteiger partial charge >= 0.3 is 0 Å². The molecule has 0 spiro atoms. The van der Waals surface area contributed by atoms with Gasteiger partial charge in [0.2, 0.25) is 0 Å². The quantitative estimate of drug-likeness (QED) is 0.293. The summed E-state index contributed by atoms with van der Waals surface area (Å²) >= 11 is 0. The highest BCUT2D eigenvalue weighted by atomic mass is 127. The second kappa shape index (κ2) is 14.1. The highest BCUT2D eigenvalue weighted by Gasteiger charge is 2.24. The molecule has 3 fully saturated rings. The molecule has 0 aromatic heterocycles. The van der Waals surface area contributed by atoms with Crippen LogP contribution < -0.4 is 5.32 Å². The Labute approximate surface area is 196 Å². The lowest BCUT2D eigenvalue weighted by Crippen LogP contribution is -2.47. The van der Waals surface area contributed by atoms with Gasteiger partial charge in [-0.05, 0) is 83.3 Å². The van der Waals surface area contributed by atoms with Crippen LogP contribution in [0.2, 0.25) is 0 Å². The van der Waals surface area contributed by atoms with Crippen LogP contribution in [0.3, 0.4) is 0 Å². The minimum Gasteiger partial charge on any atom is -0.378 e. The van der Waals surface area contributed by atoms with Crippen molar-refractivity contribution in [2.75, 3.05) is 52.4 Å². The van der Waals surface area contributed by atoms with Gasteiger partial charge in [-0.25, -0.2) is 0 Å². The van der Waals surface area contributed by atoms with E-state index in [1.807, 2.05) is 0 Å². The minimum absolute atomic E-state index is 0.